The van der Waals surface area contributed by atoms with Crippen molar-refractivity contribution in [3.63, 3.8) is 0 Å². The van der Waals surface area contributed by atoms with Crippen LogP contribution >= 0.6 is 0 Å². The fourth-order valence-electron chi connectivity index (χ4n) is 1.49. The summed E-state index contributed by atoms with van der Waals surface area (Å²) in [5, 5.41) is 6.43. The number of nitrogens with one attached hydrogen (secondary N) is 1. The molecule has 86 valence electrons. The third-order valence-corrected chi connectivity index (χ3v) is 2.33. The van der Waals surface area contributed by atoms with Crippen LogP contribution in [-0.2, 0) is 0 Å². The van der Waals surface area contributed by atoms with Gasteiger partial charge in [-0.15, -0.1) is 0 Å². The van der Waals surface area contributed by atoms with Crippen molar-refractivity contribution in [3.8, 4) is 11.1 Å². The van der Waals surface area contributed by atoms with E-state index in [9.17, 15) is 9.59 Å². The van der Waals surface area contributed by atoms with Gasteiger partial charge in [-0.2, -0.15) is 5.10 Å². The van der Waals surface area contributed by atoms with Gasteiger partial charge in [0.25, 0.3) is 0 Å². The zero-order chi connectivity index (χ0) is 12.4. The van der Waals surface area contributed by atoms with Crippen LogP contribution in [0.1, 0.15) is 20.7 Å². The lowest BCUT2D eigenvalue weighted by Gasteiger charge is -2.04. The highest BCUT2D eigenvalue weighted by atomic mass is 16.1. The Morgan fingerprint density at radius 3 is 2.00 bits per heavy atom. The minimum atomic E-state index is -0.613. The molecule has 0 radical (unpaired) electrons. The molecule has 0 aliphatic heterocycles. The zero-order valence-electron chi connectivity index (χ0n) is 8.81. The first-order chi connectivity index (χ1) is 8.08. The van der Waals surface area contributed by atoms with Gasteiger partial charge in [-0.1, -0.05) is 0 Å². The summed E-state index contributed by atoms with van der Waals surface area (Å²) in [5.74, 6) is -1.23. The molecule has 0 atom stereocenters. The van der Waals surface area contributed by atoms with Gasteiger partial charge >= 0.3 is 0 Å². The Bertz CT molecular complexity index is 543. The summed E-state index contributed by atoms with van der Waals surface area (Å²) < 4.78 is 0. The first kappa shape index (κ1) is 10.9. The number of rotatable bonds is 3. The summed E-state index contributed by atoms with van der Waals surface area (Å²) in [7, 11) is 0. The molecule has 2 amide bonds. The molecule has 6 nitrogen and oxygen atoms in total. The molecule has 6 heteroatoms. The van der Waals surface area contributed by atoms with Gasteiger partial charge in [-0.25, -0.2) is 0 Å². The Morgan fingerprint density at radius 2 is 1.59 bits per heavy atom. The smallest absolute Gasteiger partial charge is 0.248 e. The molecule has 0 fully saturated rings. The van der Waals surface area contributed by atoms with Gasteiger partial charge in [-0.3, -0.25) is 14.7 Å². The van der Waals surface area contributed by atoms with Crippen LogP contribution in [0.3, 0.4) is 0 Å². The fraction of sp³-hybridized carbons (Fsp3) is 0. The summed E-state index contributed by atoms with van der Waals surface area (Å²) >= 11 is 0. The number of amides is 2. The van der Waals surface area contributed by atoms with Crippen molar-refractivity contribution in [3.05, 3.63) is 41.7 Å². The molecule has 0 spiro atoms. The van der Waals surface area contributed by atoms with E-state index in [2.05, 4.69) is 10.2 Å². The van der Waals surface area contributed by atoms with Gasteiger partial charge in [0.2, 0.25) is 11.8 Å². The molecule has 0 bridgehead atoms. The normalized spacial score (nSPS) is 10.1. The molecule has 1 heterocycles. The van der Waals surface area contributed by atoms with Crippen molar-refractivity contribution in [2.24, 2.45) is 11.5 Å². The Labute approximate surface area is 96.6 Å². The van der Waals surface area contributed by atoms with E-state index in [1.165, 1.54) is 6.07 Å². The topological polar surface area (TPSA) is 115 Å². The second kappa shape index (κ2) is 4.09. The Balaban J connectivity index is 2.60. The van der Waals surface area contributed by atoms with Crippen LogP contribution in [0, 0.1) is 0 Å². The standard InChI is InChI=1S/C11H10N4O2/c12-10(16)7-1-6(9-4-14-15-5-9)2-8(3-7)11(13)17/h1-5H,(H2,12,16)(H2,13,17)(H,14,15). The van der Waals surface area contributed by atoms with Crippen molar-refractivity contribution in [2.75, 3.05) is 0 Å². The number of hydrogen-bond donors (Lipinski definition) is 3. The number of nitrogens with two attached hydrogens (primary N) is 2. The lowest BCUT2D eigenvalue weighted by Crippen LogP contribution is -2.15. The van der Waals surface area contributed by atoms with Gasteiger partial charge in [0.05, 0.1) is 6.20 Å². The van der Waals surface area contributed by atoms with E-state index < -0.39 is 11.8 Å². The van der Waals surface area contributed by atoms with Gasteiger partial charge < -0.3 is 11.5 Å². The molecule has 5 N–H and O–H groups in total. The predicted octanol–water partition coefficient (Wildman–Crippen LogP) is 0.274. The SMILES string of the molecule is NC(=O)c1cc(C(N)=O)cc(-c2cn[nH]c2)c1. The molecule has 0 unspecified atom stereocenters. The van der Waals surface area contributed by atoms with E-state index >= 15 is 0 Å². The maximum absolute atomic E-state index is 11.1. The van der Waals surface area contributed by atoms with Crippen LogP contribution < -0.4 is 11.5 Å². The van der Waals surface area contributed by atoms with Gasteiger partial charge in [0, 0.05) is 22.9 Å². The summed E-state index contributed by atoms with van der Waals surface area (Å²) in [4.78, 5) is 22.3. The number of carbonyl (C=O) groups excluding carboxylic acids is 2. The third-order valence-electron chi connectivity index (χ3n) is 2.33. The molecule has 1 aromatic carbocycles. The van der Waals surface area contributed by atoms with Crippen LogP contribution in [0.5, 0.6) is 0 Å². The molecular formula is C11H10N4O2. The first-order valence-electron chi connectivity index (χ1n) is 4.82. The molecule has 0 saturated carbocycles. The maximum Gasteiger partial charge on any atom is 0.248 e. The second-order valence-electron chi connectivity index (χ2n) is 3.51. The van der Waals surface area contributed by atoms with E-state index in [0.717, 1.165) is 5.56 Å². The number of aromatic nitrogens is 2. The van der Waals surface area contributed by atoms with Gasteiger partial charge in [0.15, 0.2) is 0 Å². The van der Waals surface area contributed by atoms with Crippen molar-refractivity contribution in [2.45, 2.75) is 0 Å². The van der Waals surface area contributed by atoms with Crippen LogP contribution in [0.2, 0.25) is 0 Å². The average Bonchev–Trinajstić information content (AvgIpc) is 2.81. The fourth-order valence-corrected chi connectivity index (χ4v) is 1.49. The Kier molecular flexibility index (Phi) is 2.61. The zero-order valence-corrected chi connectivity index (χ0v) is 8.81. The highest BCUT2D eigenvalue weighted by Gasteiger charge is 2.10. The maximum atomic E-state index is 11.1. The van der Waals surface area contributed by atoms with E-state index in [-0.39, 0.29) is 11.1 Å². The molecule has 2 rings (SSSR count). The molecule has 0 aliphatic rings. The van der Waals surface area contributed by atoms with Crippen molar-refractivity contribution < 1.29 is 9.59 Å². The predicted molar refractivity (Wildman–Crippen MR) is 61.1 cm³/mol. The van der Waals surface area contributed by atoms with Crippen LogP contribution in [0.15, 0.2) is 30.6 Å². The highest BCUT2D eigenvalue weighted by Crippen LogP contribution is 2.21. The minimum absolute atomic E-state index is 0.234. The molecule has 1 aromatic heterocycles. The van der Waals surface area contributed by atoms with Crippen molar-refractivity contribution in [1.29, 1.82) is 0 Å². The lowest BCUT2D eigenvalue weighted by molar-refractivity contribution is 0.0999. The Hall–Kier alpha value is -2.63. The van der Waals surface area contributed by atoms with E-state index in [4.69, 9.17) is 11.5 Å². The molecular weight excluding hydrogens is 220 g/mol. The summed E-state index contributed by atoms with van der Waals surface area (Å²) in [6, 6.07) is 4.54. The van der Waals surface area contributed by atoms with Crippen molar-refractivity contribution >= 4 is 11.8 Å². The van der Waals surface area contributed by atoms with Crippen LogP contribution in [0.25, 0.3) is 11.1 Å². The molecule has 0 aliphatic carbocycles. The third kappa shape index (κ3) is 2.15. The quantitative estimate of drug-likeness (QED) is 0.703. The minimum Gasteiger partial charge on any atom is -0.366 e. The lowest BCUT2D eigenvalue weighted by atomic mass is 10.0. The number of benzene rings is 1. The number of H-pyrrole nitrogens is 1. The van der Waals surface area contributed by atoms with Gasteiger partial charge in [-0.05, 0) is 23.8 Å². The number of nitrogens with zero attached hydrogens (tertiary/aromatic N) is 1. The Morgan fingerprint density at radius 1 is 1.00 bits per heavy atom. The summed E-state index contributed by atoms with van der Waals surface area (Å²) in [5.41, 5.74) is 12.3. The van der Waals surface area contributed by atoms with Gasteiger partial charge in [0.1, 0.15) is 0 Å². The molecule has 0 saturated heterocycles. The number of primary amides is 2. The summed E-state index contributed by atoms with van der Waals surface area (Å²) in [6.07, 6.45) is 3.22. The van der Waals surface area contributed by atoms with Crippen molar-refractivity contribution in [1.82, 2.24) is 10.2 Å². The van der Waals surface area contributed by atoms with E-state index in [1.54, 1.807) is 24.5 Å². The van der Waals surface area contributed by atoms with E-state index in [1.807, 2.05) is 0 Å². The highest BCUT2D eigenvalue weighted by molar-refractivity contribution is 6.00. The second-order valence-corrected chi connectivity index (χ2v) is 3.51. The van der Waals surface area contributed by atoms with E-state index in [0.29, 0.717) is 5.56 Å². The summed E-state index contributed by atoms with van der Waals surface area (Å²) in [6.45, 7) is 0. The van der Waals surface area contributed by atoms with Crippen LogP contribution in [-0.4, -0.2) is 22.0 Å². The largest absolute Gasteiger partial charge is 0.366 e. The number of hydrogen-bond acceptors (Lipinski definition) is 3. The van der Waals surface area contributed by atoms with Crippen LogP contribution in [0.4, 0.5) is 0 Å². The monoisotopic (exact) mass is 230 g/mol. The first-order valence-corrected chi connectivity index (χ1v) is 4.82. The number of carbonyl (C=O) groups is 2. The molecule has 17 heavy (non-hydrogen) atoms. The average molecular weight is 230 g/mol. The molecule has 2 aromatic rings. The number of aromatic amines is 1.